The number of rotatable bonds is 4. The van der Waals surface area contributed by atoms with Crippen LogP contribution in [-0.4, -0.2) is 11.1 Å². The van der Waals surface area contributed by atoms with Gasteiger partial charge in [-0.15, -0.1) is 0 Å². The van der Waals surface area contributed by atoms with Crippen LogP contribution < -0.4 is 0 Å². The van der Waals surface area contributed by atoms with Crippen LogP contribution in [0.2, 0.25) is 0 Å². The normalized spacial score (nSPS) is 11.9. The summed E-state index contributed by atoms with van der Waals surface area (Å²) in [5, 5.41) is 0.605. The zero-order valence-electron chi connectivity index (χ0n) is 9.96. The van der Waals surface area contributed by atoms with E-state index in [1.807, 2.05) is 6.08 Å². The van der Waals surface area contributed by atoms with Crippen molar-refractivity contribution in [3.8, 4) is 0 Å². The van der Waals surface area contributed by atoms with Gasteiger partial charge in [-0.1, -0.05) is 54.0 Å². The van der Waals surface area contributed by atoms with Crippen LogP contribution in [0.15, 0.2) is 29.8 Å². The van der Waals surface area contributed by atoms with Crippen LogP contribution >= 0.6 is 15.9 Å². The highest BCUT2D eigenvalue weighted by molar-refractivity contribution is 9.09. The molecule has 0 bridgehead atoms. The summed E-state index contributed by atoms with van der Waals surface area (Å²) in [7, 11) is 0. The molecule has 1 rings (SSSR count). The average molecular weight is 281 g/mol. The van der Waals surface area contributed by atoms with Crippen molar-refractivity contribution >= 4 is 27.8 Å². The molecule has 0 heterocycles. The number of carbonyl (C=O) groups excluding carboxylic acids is 1. The van der Waals surface area contributed by atoms with Gasteiger partial charge in [0, 0.05) is 10.9 Å². The van der Waals surface area contributed by atoms with Gasteiger partial charge >= 0.3 is 0 Å². The fourth-order valence-corrected chi connectivity index (χ4v) is 1.97. The van der Waals surface area contributed by atoms with Crippen molar-refractivity contribution in [3.05, 3.63) is 41.0 Å². The minimum absolute atomic E-state index is 0.116. The molecule has 16 heavy (non-hydrogen) atoms. The first-order chi connectivity index (χ1) is 7.54. The first-order valence-electron chi connectivity index (χ1n) is 5.42. The van der Waals surface area contributed by atoms with E-state index in [0.29, 0.717) is 11.2 Å². The van der Waals surface area contributed by atoms with Crippen molar-refractivity contribution in [3.63, 3.8) is 0 Å². The molecule has 0 unspecified atom stereocenters. The second-order valence-electron chi connectivity index (χ2n) is 4.18. The average Bonchev–Trinajstić information content (AvgIpc) is 2.26. The van der Waals surface area contributed by atoms with E-state index in [9.17, 15) is 4.79 Å². The van der Waals surface area contributed by atoms with E-state index >= 15 is 0 Å². The highest BCUT2D eigenvalue weighted by Crippen LogP contribution is 2.16. The largest absolute Gasteiger partial charge is 0.295 e. The molecule has 1 nitrogen and oxygen atoms in total. The molecule has 1 aromatic carbocycles. The molecule has 2 heteroatoms. The first-order valence-corrected chi connectivity index (χ1v) is 6.54. The van der Waals surface area contributed by atoms with Gasteiger partial charge in [-0.25, -0.2) is 0 Å². The van der Waals surface area contributed by atoms with Gasteiger partial charge in [-0.3, -0.25) is 4.79 Å². The van der Waals surface area contributed by atoms with Crippen LogP contribution in [0, 0.1) is 0 Å². The topological polar surface area (TPSA) is 17.1 Å². The van der Waals surface area contributed by atoms with Crippen molar-refractivity contribution in [1.82, 2.24) is 0 Å². The Morgan fingerprint density at radius 3 is 2.25 bits per heavy atom. The Labute approximate surface area is 106 Å². The lowest BCUT2D eigenvalue weighted by atomic mass is 10.0. The van der Waals surface area contributed by atoms with E-state index in [1.165, 1.54) is 5.56 Å². The summed E-state index contributed by atoms with van der Waals surface area (Å²) >= 11 is 3.32. The number of hydrogen-bond donors (Lipinski definition) is 0. The van der Waals surface area contributed by atoms with Gasteiger partial charge in [0.1, 0.15) is 0 Å². The van der Waals surface area contributed by atoms with Gasteiger partial charge in [0.15, 0.2) is 5.78 Å². The monoisotopic (exact) mass is 280 g/mol. The predicted octanol–water partition coefficient (Wildman–Crippen LogP) is 4.18. The van der Waals surface area contributed by atoms with Crippen LogP contribution in [0.4, 0.5) is 0 Å². The van der Waals surface area contributed by atoms with Crippen LogP contribution in [0.1, 0.15) is 37.8 Å². The molecular weight excluding hydrogens is 264 g/mol. The number of Topliss-reactive ketones (excluding diaryl/α,β-unsaturated/α-hetero) is 1. The molecule has 0 aliphatic rings. The van der Waals surface area contributed by atoms with Crippen LogP contribution in [0.5, 0.6) is 0 Å². The molecule has 0 atom stereocenters. The maximum Gasteiger partial charge on any atom is 0.156 e. The zero-order chi connectivity index (χ0) is 12.1. The second-order valence-corrected chi connectivity index (χ2v) is 4.74. The molecule has 0 aliphatic heterocycles. The third-order valence-electron chi connectivity index (χ3n) is 2.54. The highest BCUT2D eigenvalue weighted by Gasteiger charge is 2.02. The minimum Gasteiger partial charge on any atom is -0.295 e. The molecule has 0 amide bonds. The summed E-state index contributed by atoms with van der Waals surface area (Å²) < 4.78 is 0. The quantitative estimate of drug-likeness (QED) is 0.597. The van der Waals surface area contributed by atoms with E-state index in [1.54, 1.807) is 6.92 Å². The fraction of sp³-hybridized carbons (Fsp3) is 0.357. The molecular formula is C14H17BrO. The molecule has 0 saturated carbocycles. The predicted molar refractivity (Wildman–Crippen MR) is 73.0 cm³/mol. The lowest BCUT2D eigenvalue weighted by Crippen LogP contribution is -1.97. The molecule has 0 fully saturated rings. The van der Waals surface area contributed by atoms with E-state index in [-0.39, 0.29) is 5.78 Å². The van der Waals surface area contributed by atoms with Crippen LogP contribution in [0.25, 0.3) is 6.08 Å². The second kappa shape index (κ2) is 6.00. The van der Waals surface area contributed by atoms with Crippen LogP contribution in [-0.2, 0) is 4.79 Å². The molecule has 0 saturated heterocycles. The third kappa shape index (κ3) is 3.60. The minimum atomic E-state index is 0.116. The molecule has 0 N–H and O–H groups in total. The molecule has 86 valence electrons. The number of allylic oxidation sites excluding steroid dienone is 1. The van der Waals surface area contributed by atoms with Crippen molar-refractivity contribution in [1.29, 1.82) is 0 Å². The summed E-state index contributed by atoms with van der Waals surface area (Å²) in [5.41, 5.74) is 3.20. The van der Waals surface area contributed by atoms with E-state index < -0.39 is 0 Å². The van der Waals surface area contributed by atoms with Gasteiger partial charge in [0.2, 0.25) is 0 Å². The molecule has 1 aromatic rings. The van der Waals surface area contributed by atoms with Crippen molar-refractivity contribution < 1.29 is 4.79 Å². The lowest BCUT2D eigenvalue weighted by molar-refractivity contribution is -0.113. The summed E-state index contributed by atoms with van der Waals surface area (Å²) in [6, 6.07) is 8.34. The zero-order valence-corrected chi connectivity index (χ0v) is 11.5. The van der Waals surface area contributed by atoms with Crippen molar-refractivity contribution in [2.45, 2.75) is 26.7 Å². The number of alkyl halides is 1. The fourth-order valence-electron chi connectivity index (χ4n) is 1.41. The van der Waals surface area contributed by atoms with Gasteiger partial charge in [0.25, 0.3) is 0 Å². The summed E-state index contributed by atoms with van der Waals surface area (Å²) in [6.07, 6.45) is 1.93. The maximum atomic E-state index is 11.3. The summed E-state index contributed by atoms with van der Waals surface area (Å²) in [5.74, 6) is 0.659. The Balaban J connectivity index is 2.94. The van der Waals surface area contributed by atoms with Gasteiger partial charge in [0.05, 0.1) is 0 Å². The van der Waals surface area contributed by atoms with Crippen LogP contribution in [0.3, 0.4) is 0 Å². The Morgan fingerprint density at radius 1 is 1.31 bits per heavy atom. The van der Waals surface area contributed by atoms with Crippen molar-refractivity contribution in [2.75, 3.05) is 5.33 Å². The lowest BCUT2D eigenvalue weighted by Gasteiger charge is -2.05. The Bertz CT molecular complexity index is 388. The summed E-state index contributed by atoms with van der Waals surface area (Å²) in [6.45, 7) is 5.93. The third-order valence-corrected chi connectivity index (χ3v) is 3.14. The number of carbonyl (C=O) groups is 1. The SMILES string of the molecule is CC(=O)/C(=C\c1ccc(C(C)C)cc1)CBr. The number of ketones is 1. The van der Waals surface area contributed by atoms with Crippen molar-refractivity contribution in [2.24, 2.45) is 0 Å². The number of hydrogen-bond acceptors (Lipinski definition) is 1. The number of halogens is 1. The van der Waals surface area contributed by atoms with Gasteiger partial charge in [-0.2, -0.15) is 0 Å². The Kier molecular flexibility index (Phi) is 4.94. The molecule has 0 spiro atoms. The van der Waals surface area contributed by atoms with E-state index in [2.05, 4.69) is 54.0 Å². The molecule has 0 radical (unpaired) electrons. The number of benzene rings is 1. The Hall–Kier alpha value is -0.890. The Morgan fingerprint density at radius 2 is 1.88 bits per heavy atom. The highest BCUT2D eigenvalue weighted by atomic mass is 79.9. The smallest absolute Gasteiger partial charge is 0.156 e. The first kappa shape index (κ1) is 13.2. The summed E-state index contributed by atoms with van der Waals surface area (Å²) in [4.78, 5) is 11.3. The standard InChI is InChI=1S/C14H17BrO/c1-10(2)13-6-4-12(5-7-13)8-14(9-15)11(3)16/h4-8,10H,9H2,1-3H3/b14-8-. The maximum absolute atomic E-state index is 11.3. The van der Waals surface area contributed by atoms with E-state index in [4.69, 9.17) is 0 Å². The van der Waals surface area contributed by atoms with Gasteiger partial charge in [-0.05, 0) is 30.0 Å². The van der Waals surface area contributed by atoms with Gasteiger partial charge < -0.3 is 0 Å². The van der Waals surface area contributed by atoms with E-state index in [0.717, 1.165) is 11.1 Å². The molecule has 0 aliphatic carbocycles. The molecule has 0 aromatic heterocycles.